The summed E-state index contributed by atoms with van der Waals surface area (Å²) < 4.78 is 41.9. The second kappa shape index (κ2) is 15.4. The molecule has 7 atom stereocenters. The van der Waals surface area contributed by atoms with E-state index in [2.05, 4.69) is 28.0 Å². The van der Waals surface area contributed by atoms with E-state index in [4.69, 9.17) is 9.47 Å². The van der Waals surface area contributed by atoms with Crippen LogP contribution < -0.4 is 25.7 Å². The van der Waals surface area contributed by atoms with Gasteiger partial charge in [0.1, 0.15) is 29.8 Å². The molecule has 4 saturated carbocycles. The largest absolute Gasteiger partial charge is 0.473 e. The highest BCUT2D eigenvalue weighted by Gasteiger charge is 2.62. The van der Waals surface area contributed by atoms with Gasteiger partial charge in [-0.05, 0) is 87.5 Å². The maximum Gasteiger partial charge on any atom is 0.408 e. The molecule has 6 aliphatic rings. The highest BCUT2D eigenvalue weighted by atomic mass is 32.2. The van der Waals surface area contributed by atoms with Crippen molar-refractivity contribution in [2.75, 3.05) is 6.54 Å². The molecule has 3 heterocycles. The van der Waals surface area contributed by atoms with E-state index in [-0.39, 0.29) is 42.9 Å². The summed E-state index contributed by atoms with van der Waals surface area (Å²) >= 11 is 0. The van der Waals surface area contributed by atoms with Gasteiger partial charge in [-0.15, -0.1) is 6.58 Å². The van der Waals surface area contributed by atoms with Gasteiger partial charge in [-0.1, -0.05) is 49.3 Å². The molecular formula is C41H51N5O9S. The molecule has 0 unspecified atom stereocenters. The normalized spacial score (nSPS) is 31.2. The first-order chi connectivity index (χ1) is 27.0. The second-order valence-corrected chi connectivity index (χ2v) is 18.4. The van der Waals surface area contributed by atoms with Crippen LogP contribution in [0.5, 0.6) is 5.88 Å². The predicted molar refractivity (Wildman–Crippen MR) is 207 cm³/mol. The molecule has 300 valence electrons. The zero-order valence-electron chi connectivity index (χ0n) is 31.5. The summed E-state index contributed by atoms with van der Waals surface area (Å²) in [5, 5.41) is 6.34. The van der Waals surface area contributed by atoms with Gasteiger partial charge in [0.25, 0.3) is 11.5 Å². The van der Waals surface area contributed by atoms with Crippen LogP contribution in [0.3, 0.4) is 0 Å². The molecule has 5 fully saturated rings. The number of rotatable bonds is 7. The molecule has 0 radical (unpaired) electrons. The van der Waals surface area contributed by atoms with E-state index < -0.39 is 68.7 Å². The number of carbonyl (C=O) groups is 4. The monoisotopic (exact) mass is 789 g/mol. The van der Waals surface area contributed by atoms with Crippen molar-refractivity contribution in [2.24, 2.45) is 17.8 Å². The maximum absolute atomic E-state index is 14.8. The molecule has 15 heteroatoms. The number of nitrogens with zero attached hydrogens (tertiary/aromatic N) is 2. The minimum Gasteiger partial charge on any atom is -0.473 e. The Hall–Kier alpha value is -4.66. The lowest BCUT2D eigenvalue weighted by Crippen LogP contribution is -2.59. The molecule has 4 amide bonds. The molecule has 1 aromatic carbocycles. The van der Waals surface area contributed by atoms with Crippen molar-refractivity contribution in [3.63, 3.8) is 0 Å². The fourth-order valence-corrected chi connectivity index (χ4v) is 10.7. The summed E-state index contributed by atoms with van der Waals surface area (Å²) in [4.78, 5) is 71.8. The average Bonchev–Trinajstić information content (AvgIpc) is 3.96. The van der Waals surface area contributed by atoms with Crippen molar-refractivity contribution in [1.82, 2.24) is 24.8 Å². The number of aromatic nitrogens is 1. The summed E-state index contributed by atoms with van der Waals surface area (Å²) in [6, 6.07) is 6.95. The van der Waals surface area contributed by atoms with Crippen LogP contribution >= 0.6 is 0 Å². The number of sulfonamides is 1. The van der Waals surface area contributed by atoms with Crippen LogP contribution in [0.15, 0.2) is 59.9 Å². The third-order valence-electron chi connectivity index (χ3n) is 12.7. The lowest BCUT2D eigenvalue weighted by Gasteiger charge is -2.32. The summed E-state index contributed by atoms with van der Waals surface area (Å²) in [6.45, 7) is 4.09. The fourth-order valence-electron chi connectivity index (χ4n) is 9.32. The number of nitrogens with one attached hydrogen (secondary N) is 3. The predicted octanol–water partition coefficient (Wildman–Crippen LogP) is 3.82. The number of hydrogen-bond donors (Lipinski definition) is 3. The quantitative estimate of drug-likeness (QED) is 0.352. The first kappa shape index (κ1) is 38.2. The van der Waals surface area contributed by atoms with E-state index in [0.717, 1.165) is 32.1 Å². The highest BCUT2D eigenvalue weighted by Crippen LogP contribution is 2.46. The van der Waals surface area contributed by atoms with Crippen LogP contribution in [0.25, 0.3) is 10.8 Å². The van der Waals surface area contributed by atoms with Crippen LogP contribution in [0.1, 0.15) is 83.5 Å². The second-order valence-electron chi connectivity index (χ2n) is 16.5. The number of alkyl carbamates (subject to hydrolysis) is 1. The third kappa shape index (κ3) is 7.58. The maximum atomic E-state index is 14.8. The van der Waals surface area contributed by atoms with Crippen LogP contribution in [0.2, 0.25) is 0 Å². The fraction of sp³-hybridized carbons (Fsp3) is 0.585. The average molecular weight is 790 g/mol. The molecule has 3 N–H and O–H groups in total. The Labute approximate surface area is 326 Å². The van der Waals surface area contributed by atoms with Gasteiger partial charge in [-0.2, -0.15) is 0 Å². The number of ether oxygens (including phenoxy) is 2. The van der Waals surface area contributed by atoms with E-state index in [1.165, 1.54) is 11.0 Å². The van der Waals surface area contributed by atoms with E-state index in [0.29, 0.717) is 61.7 Å². The Balaban J connectivity index is 1.14. The Morgan fingerprint density at radius 3 is 2.48 bits per heavy atom. The molecule has 4 aliphatic carbocycles. The van der Waals surface area contributed by atoms with Crippen molar-refractivity contribution in [1.29, 1.82) is 0 Å². The zero-order valence-corrected chi connectivity index (χ0v) is 32.3. The Kier molecular flexibility index (Phi) is 10.5. The minimum absolute atomic E-state index is 0.0148. The number of benzene rings is 1. The van der Waals surface area contributed by atoms with E-state index >= 15 is 0 Å². The smallest absolute Gasteiger partial charge is 0.408 e. The van der Waals surface area contributed by atoms with Gasteiger partial charge in [-0.3, -0.25) is 28.5 Å². The van der Waals surface area contributed by atoms with Crippen molar-refractivity contribution < 1.29 is 37.1 Å². The van der Waals surface area contributed by atoms with Gasteiger partial charge >= 0.3 is 6.09 Å². The Morgan fingerprint density at radius 1 is 0.964 bits per heavy atom. The third-order valence-corrected chi connectivity index (χ3v) is 14.6. The van der Waals surface area contributed by atoms with Gasteiger partial charge < -0.3 is 25.0 Å². The van der Waals surface area contributed by atoms with Crippen LogP contribution in [-0.4, -0.2) is 83.3 Å². The summed E-state index contributed by atoms with van der Waals surface area (Å²) in [6.07, 6.45) is 12.0. The van der Waals surface area contributed by atoms with Crippen LogP contribution in [0.4, 0.5) is 4.79 Å². The number of pyridine rings is 1. The van der Waals surface area contributed by atoms with Crippen molar-refractivity contribution in [3.8, 4) is 5.88 Å². The highest BCUT2D eigenvalue weighted by molar-refractivity contribution is 7.91. The summed E-state index contributed by atoms with van der Waals surface area (Å²) in [7, 11) is -3.91. The SMILES string of the molecule is C=C[C@@H]1C[C@]1(NC(=O)[C@@H]1C[C@@H]2CN1C(=O)[C@H](C1CCCC1)NC(=O)O[C@@H]1CCC[C@H]1CC=CCCn1c(cc3ccccc3c1=O)O2)C(=O)NS(=O)(=O)C1CC1. The first-order valence-corrected chi connectivity index (χ1v) is 21.7. The summed E-state index contributed by atoms with van der Waals surface area (Å²) in [5.41, 5.74) is -1.77. The van der Waals surface area contributed by atoms with Crippen LogP contribution in [-0.2, 0) is 35.7 Å². The Bertz CT molecular complexity index is 2110. The molecular weight excluding hydrogens is 739 g/mol. The van der Waals surface area contributed by atoms with Gasteiger partial charge in [0.2, 0.25) is 21.8 Å². The lowest BCUT2D eigenvalue weighted by molar-refractivity contribution is -0.142. The number of carbonyl (C=O) groups excluding carboxylic acids is 4. The molecule has 2 aliphatic heterocycles. The van der Waals surface area contributed by atoms with Gasteiger partial charge in [-0.25, -0.2) is 13.2 Å². The number of allylic oxidation sites excluding steroid dienone is 2. The molecule has 8 rings (SSSR count). The Morgan fingerprint density at radius 2 is 1.73 bits per heavy atom. The van der Waals surface area contributed by atoms with Crippen molar-refractivity contribution in [2.45, 2.75) is 125 Å². The molecule has 14 nitrogen and oxygen atoms in total. The molecule has 1 aromatic heterocycles. The molecule has 56 heavy (non-hydrogen) atoms. The zero-order chi connectivity index (χ0) is 39.2. The molecule has 2 bridgehead atoms. The van der Waals surface area contributed by atoms with Crippen LogP contribution in [0, 0.1) is 17.8 Å². The van der Waals surface area contributed by atoms with Gasteiger partial charge in [0, 0.05) is 30.3 Å². The molecule has 0 spiro atoms. The standard InChI is InChI=1S/C41H51N5O9S/c1-2-28-23-41(28,39(50)44-56(52,53)30-18-19-30)43-36(47)32-22-29-24-46(32)38(49)35(26-12-5-6-13-26)42-40(51)55-33-17-10-15-25(33)11-4-3-9-20-45-34(54-29)21-27-14-7-8-16-31(27)37(45)48/h2-4,7-8,14,16,21,25-26,28-30,32-33,35H,1,5-6,9-13,15,17-20,22-24H2,(H,42,51)(H,43,47)(H,44,50)/t25-,28-,29-,32+,33-,35+,41-/m1/s1. The number of fused-ring (bicyclic) bond motifs is 5. The van der Waals surface area contributed by atoms with Crippen molar-refractivity contribution >= 4 is 44.6 Å². The van der Waals surface area contributed by atoms with Gasteiger partial charge in [0.15, 0.2) is 5.88 Å². The minimum atomic E-state index is -3.91. The molecule has 2 aromatic rings. The topological polar surface area (TPSA) is 182 Å². The summed E-state index contributed by atoms with van der Waals surface area (Å²) in [5.74, 6) is -2.23. The van der Waals surface area contributed by atoms with E-state index in [1.54, 1.807) is 16.7 Å². The number of hydrogen-bond acceptors (Lipinski definition) is 9. The lowest BCUT2D eigenvalue weighted by atomic mass is 9.96. The number of amides is 4. The van der Waals surface area contributed by atoms with E-state index in [9.17, 15) is 32.4 Å². The first-order valence-electron chi connectivity index (χ1n) is 20.2. The van der Waals surface area contributed by atoms with Crippen molar-refractivity contribution in [3.05, 3.63) is 65.5 Å². The van der Waals surface area contributed by atoms with Gasteiger partial charge in [0.05, 0.1) is 11.8 Å². The van der Waals surface area contributed by atoms with E-state index in [1.807, 2.05) is 24.3 Å². The molecule has 1 saturated heterocycles.